The number of aromatic hydroxyl groups is 2. The molecule has 13 N–H and O–H groups in total. The van der Waals surface area contributed by atoms with E-state index in [1.807, 2.05) is 0 Å². The van der Waals surface area contributed by atoms with Gasteiger partial charge in [-0.1, -0.05) is 16.8 Å². The summed E-state index contributed by atoms with van der Waals surface area (Å²) < 4.78 is 13.6. The molecule has 5 rings (SSSR count). The molecule has 10 unspecified atom stereocenters. The molecule has 10 atom stereocenters. The van der Waals surface area contributed by atoms with Crippen molar-refractivity contribution in [2.75, 3.05) is 39.4 Å². The summed E-state index contributed by atoms with van der Waals surface area (Å²) in [4.78, 5) is 57.3. The predicted octanol–water partition coefficient (Wildman–Crippen LogP) is -7.41. The SMILES string of the molecule is O=C(CN(CC(=O)NCc1cn(C2OC(CO)C(O)C(O)C2O)nn1)CC(=O)NCc1cn(C2OC(CO)C(O)C(O)C2O)nn1)NCCCCCC(=O)On1c(O)ccc1O. The summed E-state index contributed by atoms with van der Waals surface area (Å²) in [5.41, 5.74) is 0.340. The van der Waals surface area contributed by atoms with E-state index < -0.39 is 130 Å². The van der Waals surface area contributed by atoms with E-state index in [1.165, 1.54) is 17.3 Å². The lowest BCUT2D eigenvalue weighted by Crippen LogP contribution is -2.56. The molecular formula is C34H51N11O17. The second kappa shape index (κ2) is 22.1. The molecule has 0 bridgehead atoms. The van der Waals surface area contributed by atoms with Gasteiger partial charge in [0.15, 0.2) is 12.5 Å². The molecule has 3 aromatic rings. The fraction of sp³-hybridized carbons (Fsp3) is 0.647. The van der Waals surface area contributed by atoms with Gasteiger partial charge < -0.3 is 81.3 Å². The summed E-state index contributed by atoms with van der Waals surface area (Å²) in [6, 6.07) is 2.29. The lowest BCUT2D eigenvalue weighted by Gasteiger charge is -2.39. The number of carbonyl (C=O) groups is 4. The van der Waals surface area contributed by atoms with Gasteiger partial charge in [0.05, 0.1) is 58.3 Å². The van der Waals surface area contributed by atoms with Gasteiger partial charge in [0.25, 0.3) is 0 Å². The standard InChI is InChI=1S/C34H51N11O17/c46-15-19-27(54)29(56)31(58)33(60-19)43-10-17(38-40-43)8-36-22(49)13-42(12-21(48)35-7-3-1-2-4-26(53)62-45-24(51)5-6-25(45)52)14-23(50)37-9-18-11-44(41-39-18)34-32(59)30(57)28(55)20(16-47)61-34/h5-6,10-11,19-20,27-34,46-47,51-52,54-59H,1-4,7-9,12-16H2,(H,35,48)(H,36,49)(H,37,50). The zero-order chi connectivity index (χ0) is 45.1. The van der Waals surface area contributed by atoms with Gasteiger partial charge >= 0.3 is 5.97 Å². The number of hydrogen-bond acceptors (Lipinski definition) is 22. The van der Waals surface area contributed by atoms with Crippen LogP contribution in [0, 0.1) is 0 Å². The molecule has 5 heterocycles. The largest absolute Gasteiger partial charge is 0.492 e. The lowest BCUT2D eigenvalue weighted by molar-refractivity contribution is -0.254. The number of nitrogens with one attached hydrogen (secondary N) is 3. The number of aromatic nitrogens is 7. The highest BCUT2D eigenvalue weighted by Gasteiger charge is 2.46. The summed E-state index contributed by atoms with van der Waals surface area (Å²) in [6.07, 6.45) is -11.0. The van der Waals surface area contributed by atoms with E-state index >= 15 is 0 Å². The van der Waals surface area contributed by atoms with Gasteiger partial charge in [-0.25, -0.2) is 14.2 Å². The Kier molecular flexibility index (Phi) is 17.0. The van der Waals surface area contributed by atoms with Crippen LogP contribution in [0.1, 0.15) is 49.5 Å². The van der Waals surface area contributed by atoms with Crippen LogP contribution in [0.5, 0.6) is 11.8 Å². The van der Waals surface area contributed by atoms with Crippen LogP contribution in [-0.2, 0) is 41.7 Å². The number of aliphatic hydroxyl groups is 8. The minimum absolute atomic E-state index is 0.0445. The van der Waals surface area contributed by atoms with Crippen molar-refractivity contribution in [2.24, 2.45) is 0 Å². The summed E-state index contributed by atoms with van der Waals surface area (Å²) in [5, 5.41) is 123. The molecule has 3 aromatic heterocycles. The third-order valence-electron chi connectivity index (χ3n) is 9.78. The highest BCUT2D eigenvalue weighted by atomic mass is 16.7. The molecule has 0 saturated carbocycles. The summed E-state index contributed by atoms with van der Waals surface area (Å²) in [6.45, 7) is -2.93. The molecule has 62 heavy (non-hydrogen) atoms. The maximum Gasteiger partial charge on any atom is 0.333 e. The Hall–Kier alpha value is -5.40. The molecule has 28 nitrogen and oxygen atoms in total. The first-order valence-electron chi connectivity index (χ1n) is 19.4. The lowest BCUT2D eigenvalue weighted by atomic mass is 9.98. The Morgan fingerprint density at radius 2 is 1.10 bits per heavy atom. The average molecular weight is 886 g/mol. The molecule has 344 valence electrons. The van der Waals surface area contributed by atoms with Crippen molar-refractivity contribution in [1.29, 1.82) is 0 Å². The summed E-state index contributed by atoms with van der Waals surface area (Å²) >= 11 is 0. The van der Waals surface area contributed by atoms with Gasteiger partial charge in [-0.2, -0.15) is 0 Å². The van der Waals surface area contributed by atoms with Crippen LogP contribution in [0.4, 0.5) is 0 Å². The molecule has 2 saturated heterocycles. The Morgan fingerprint density at radius 1 is 0.645 bits per heavy atom. The van der Waals surface area contributed by atoms with Crippen molar-refractivity contribution in [3.63, 3.8) is 0 Å². The molecule has 0 radical (unpaired) electrons. The van der Waals surface area contributed by atoms with E-state index in [2.05, 4.69) is 36.6 Å². The van der Waals surface area contributed by atoms with E-state index in [0.29, 0.717) is 24.0 Å². The molecule has 0 aliphatic carbocycles. The van der Waals surface area contributed by atoms with Crippen molar-refractivity contribution in [3.8, 4) is 11.8 Å². The third-order valence-corrected chi connectivity index (χ3v) is 9.78. The summed E-state index contributed by atoms with van der Waals surface area (Å²) in [7, 11) is 0. The van der Waals surface area contributed by atoms with Crippen molar-refractivity contribution in [2.45, 2.75) is 100 Å². The number of amides is 3. The Balaban J connectivity index is 1.12. The van der Waals surface area contributed by atoms with Crippen LogP contribution in [0.3, 0.4) is 0 Å². The van der Waals surface area contributed by atoms with Gasteiger partial charge in [0.2, 0.25) is 29.5 Å². The predicted molar refractivity (Wildman–Crippen MR) is 199 cm³/mol. The Bertz CT molecular complexity index is 1830. The number of unbranched alkanes of at least 4 members (excludes halogenated alkanes) is 2. The smallest absolute Gasteiger partial charge is 0.333 e. The summed E-state index contributed by atoms with van der Waals surface area (Å²) in [5.74, 6) is -3.47. The highest BCUT2D eigenvalue weighted by Crippen LogP contribution is 2.29. The molecule has 3 amide bonds. The zero-order valence-electron chi connectivity index (χ0n) is 33.0. The maximum atomic E-state index is 13.1. The maximum absolute atomic E-state index is 13.1. The highest BCUT2D eigenvalue weighted by molar-refractivity contribution is 5.84. The molecule has 2 aliphatic rings. The third kappa shape index (κ3) is 12.4. The Morgan fingerprint density at radius 3 is 1.55 bits per heavy atom. The van der Waals surface area contributed by atoms with Gasteiger partial charge in [-0.05, 0) is 12.8 Å². The molecule has 0 spiro atoms. The van der Waals surface area contributed by atoms with E-state index in [-0.39, 0.29) is 37.4 Å². The number of hydrogen-bond donors (Lipinski definition) is 13. The van der Waals surface area contributed by atoms with Gasteiger partial charge in [-0.15, -0.1) is 14.9 Å². The first-order chi connectivity index (χ1) is 29.6. The molecule has 0 aromatic carbocycles. The van der Waals surface area contributed by atoms with Gasteiger partial charge in [-0.3, -0.25) is 19.3 Å². The van der Waals surface area contributed by atoms with Crippen LogP contribution in [-0.4, -0.2) is 203 Å². The quantitative estimate of drug-likeness (QED) is 0.0442. The average Bonchev–Trinajstić information content (AvgIpc) is 4.00. The minimum atomic E-state index is -1.66. The minimum Gasteiger partial charge on any atom is -0.492 e. The first-order valence-corrected chi connectivity index (χ1v) is 19.4. The fourth-order valence-electron chi connectivity index (χ4n) is 6.40. The van der Waals surface area contributed by atoms with Crippen molar-refractivity contribution < 1.29 is 84.6 Å². The number of ether oxygens (including phenoxy) is 2. The normalized spacial score (nSPS) is 26.3. The van der Waals surface area contributed by atoms with Crippen LogP contribution in [0.25, 0.3) is 0 Å². The van der Waals surface area contributed by atoms with Crippen LogP contribution in [0.15, 0.2) is 24.5 Å². The second-order valence-corrected chi connectivity index (χ2v) is 14.5. The van der Waals surface area contributed by atoms with E-state index in [0.717, 1.165) is 21.5 Å². The number of nitrogens with zero attached hydrogens (tertiary/aromatic N) is 8. The number of carbonyl (C=O) groups excluding carboxylic acids is 4. The van der Waals surface area contributed by atoms with Crippen molar-refractivity contribution in [1.82, 2.24) is 55.6 Å². The van der Waals surface area contributed by atoms with E-state index in [4.69, 9.17) is 14.3 Å². The first kappa shape index (κ1) is 47.6. The van der Waals surface area contributed by atoms with Crippen molar-refractivity contribution >= 4 is 23.7 Å². The molecule has 2 aliphatic heterocycles. The van der Waals surface area contributed by atoms with Crippen LogP contribution >= 0.6 is 0 Å². The van der Waals surface area contributed by atoms with E-state index in [1.54, 1.807) is 0 Å². The monoisotopic (exact) mass is 885 g/mol. The molecule has 2 fully saturated rings. The molecule has 28 heteroatoms. The number of rotatable bonds is 21. The fourth-order valence-corrected chi connectivity index (χ4v) is 6.40. The number of aliphatic hydroxyl groups excluding tert-OH is 8. The second-order valence-electron chi connectivity index (χ2n) is 14.5. The zero-order valence-corrected chi connectivity index (χ0v) is 33.0. The van der Waals surface area contributed by atoms with E-state index in [9.17, 15) is 70.2 Å². The van der Waals surface area contributed by atoms with Gasteiger partial charge in [0, 0.05) is 25.1 Å². The van der Waals surface area contributed by atoms with Crippen LogP contribution < -0.4 is 20.8 Å². The molecular weight excluding hydrogens is 834 g/mol. The Labute approximate surface area is 350 Å². The van der Waals surface area contributed by atoms with Gasteiger partial charge in [0.1, 0.15) is 60.2 Å². The van der Waals surface area contributed by atoms with Crippen LogP contribution in [0.2, 0.25) is 0 Å². The van der Waals surface area contributed by atoms with Crippen molar-refractivity contribution in [3.05, 3.63) is 35.9 Å². The topological polar surface area (TPSA) is 404 Å².